The normalized spacial score (nSPS) is 10.4. The minimum atomic E-state index is -0.929. The summed E-state index contributed by atoms with van der Waals surface area (Å²) in [6, 6.07) is 6.47. The molecule has 0 aliphatic carbocycles. The molecule has 0 spiro atoms. The number of halogens is 3. The van der Waals surface area contributed by atoms with Gasteiger partial charge in [-0.3, -0.25) is 4.79 Å². The van der Waals surface area contributed by atoms with E-state index in [-0.39, 0.29) is 11.1 Å². The van der Waals surface area contributed by atoms with E-state index < -0.39 is 23.2 Å². The maximum Gasteiger partial charge on any atom is 0.195 e. The van der Waals surface area contributed by atoms with E-state index in [1.165, 1.54) is 19.1 Å². The van der Waals surface area contributed by atoms with Gasteiger partial charge in [-0.05, 0) is 42.8 Å². The number of ketones is 1. The number of hydrogen-bond acceptors (Lipinski definition) is 1. The number of rotatable bonds is 2. The van der Waals surface area contributed by atoms with Crippen molar-refractivity contribution in [3.8, 4) is 0 Å². The first-order chi connectivity index (χ1) is 8.49. The van der Waals surface area contributed by atoms with Gasteiger partial charge < -0.3 is 0 Å². The van der Waals surface area contributed by atoms with E-state index in [1.54, 1.807) is 0 Å². The molecule has 2 aromatic carbocycles. The summed E-state index contributed by atoms with van der Waals surface area (Å²) in [6.45, 7) is 1.51. The van der Waals surface area contributed by atoms with Crippen molar-refractivity contribution in [3.63, 3.8) is 0 Å². The van der Waals surface area contributed by atoms with Gasteiger partial charge in [0.1, 0.15) is 17.5 Å². The van der Waals surface area contributed by atoms with Crippen LogP contribution < -0.4 is 0 Å². The minimum absolute atomic E-state index is 0.166. The van der Waals surface area contributed by atoms with E-state index in [0.29, 0.717) is 11.6 Å². The second-order valence-electron chi connectivity index (χ2n) is 3.92. The Hall–Kier alpha value is -2.10. The highest BCUT2D eigenvalue weighted by molar-refractivity contribution is 6.09. The van der Waals surface area contributed by atoms with Crippen molar-refractivity contribution < 1.29 is 18.0 Å². The van der Waals surface area contributed by atoms with Gasteiger partial charge in [0.2, 0.25) is 0 Å². The second kappa shape index (κ2) is 4.64. The number of aryl methyl sites for hydroxylation is 1. The zero-order chi connectivity index (χ0) is 13.3. The molecule has 0 radical (unpaired) electrons. The first-order valence-electron chi connectivity index (χ1n) is 5.25. The molecule has 0 heterocycles. The maximum atomic E-state index is 13.4. The van der Waals surface area contributed by atoms with Gasteiger partial charge in [-0.15, -0.1) is 0 Å². The Bertz CT molecular complexity index is 620. The van der Waals surface area contributed by atoms with Crippen molar-refractivity contribution >= 4 is 5.78 Å². The lowest BCUT2D eigenvalue weighted by Gasteiger charge is -2.04. The van der Waals surface area contributed by atoms with E-state index in [1.807, 2.05) is 0 Å². The summed E-state index contributed by atoms with van der Waals surface area (Å²) in [6.07, 6.45) is 0. The van der Waals surface area contributed by atoms with Gasteiger partial charge >= 0.3 is 0 Å². The molecule has 0 unspecified atom stereocenters. The van der Waals surface area contributed by atoms with Gasteiger partial charge in [-0.1, -0.05) is 0 Å². The molecule has 0 saturated heterocycles. The highest BCUT2D eigenvalue weighted by atomic mass is 19.1. The first-order valence-corrected chi connectivity index (χ1v) is 5.25. The summed E-state index contributed by atoms with van der Waals surface area (Å²) in [5, 5.41) is 0. The van der Waals surface area contributed by atoms with Crippen LogP contribution in [0.5, 0.6) is 0 Å². The van der Waals surface area contributed by atoms with Crippen LogP contribution in [0.25, 0.3) is 0 Å². The third-order valence-electron chi connectivity index (χ3n) is 2.60. The van der Waals surface area contributed by atoms with E-state index in [4.69, 9.17) is 0 Å². The molecule has 0 N–H and O–H groups in total. The van der Waals surface area contributed by atoms with Crippen LogP contribution in [0, 0.1) is 24.4 Å². The minimum Gasteiger partial charge on any atom is -0.288 e. The van der Waals surface area contributed by atoms with Crippen molar-refractivity contribution in [2.24, 2.45) is 0 Å². The first kappa shape index (κ1) is 12.4. The van der Waals surface area contributed by atoms with Crippen molar-refractivity contribution in [2.75, 3.05) is 0 Å². The van der Waals surface area contributed by atoms with Crippen LogP contribution in [0.4, 0.5) is 13.2 Å². The SMILES string of the molecule is Cc1cc(C(=O)c2ccc(F)cc2F)ccc1F. The Morgan fingerprint density at radius 2 is 1.67 bits per heavy atom. The summed E-state index contributed by atoms with van der Waals surface area (Å²) in [4.78, 5) is 12.0. The zero-order valence-electron chi connectivity index (χ0n) is 9.51. The molecule has 4 heteroatoms. The lowest BCUT2D eigenvalue weighted by atomic mass is 10.0. The number of carbonyl (C=O) groups is 1. The Balaban J connectivity index is 2.44. The average molecular weight is 250 g/mol. The largest absolute Gasteiger partial charge is 0.288 e. The van der Waals surface area contributed by atoms with Gasteiger partial charge in [0.05, 0.1) is 5.56 Å². The Morgan fingerprint density at radius 3 is 2.28 bits per heavy atom. The lowest BCUT2D eigenvalue weighted by molar-refractivity contribution is 0.103. The van der Waals surface area contributed by atoms with E-state index in [2.05, 4.69) is 0 Å². The number of hydrogen-bond donors (Lipinski definition) is 0. The molecule has 0 atom stereocenters. The molecule has 0 bridgehead atoms. The Labute approximate surface area is 102 Å². The summed E-state index contributed by atoms with van der Waals surface area (Å²) in [7, 11) is 0. The molecule has 92 valence electrons. The van der Waals surface area contributed by atoms with Crippen LogP contribution in [-0.4, -0.2) is 5.78 Å². The second-order valence-corrected chi connectivity index (χ2v) is 3.92. The summed E-state index contributed by atoms with van der Waals surface area (Å²) in [5.74, 6) is -2.72. The van der Waals surface area contributed by atoms with E-state index >= 15 is 0 Å². The van der Waals surface area contributed by atoms with Crippen molar-refractivity contribution in [2.45, 2.75) is 6.92 Å². The Kier molecular flexibility index (Phi) is 3.19. The van der Waals surface area contributed by atoms with Gasteiger partial charge in [0.25, 0.3) is 0 Å². The van der Waals surface area contributed by atoms with Gasteiger partial charge in [0.15, 0.2) is 5.78 Å². The molecule has 18 heavy (non-hydrogen) atoms. The fourth-order valence-corrected chi connectivity index (χ4v) is 1.62. The number of carbonyl (C=O) groups excluding carboxylic acids is 1. The quantitative estimate of drug-likeness (QED) is 0.743. The maximum absolute atomic E-state index is 13.4. The molecule has 0 aliphatic heterocycles. The predicted molar refractivity (Wildman–Crippen MR) is 60.9 cm³/mol. The average Bonchev–Trinajstić information content (AvgIpc) is 2.32. The van der Waals surface area contributed by atoms with E-state index in [9.17, 15) is 18.0 Å². The number of benzene rings is 2. The molecule has 0 saturated carbocycles. The molecular weight excluding hydrogens is 241 g/mol. The van der Waals surface area contributed by atoms with Crippen LogP contribution >= 0.6 is 0 Å². The summed E-state index contributed by atoms with van der Waals surface area (Å²) >= 11 is 0. The van der Waals surface area contributed by atoms with Gasteiger partial charge in [-0.25, -0.2) is 13.2 Å². The molecule has 0 aliphatic rings. The molecular formula is C14H9F3O. The fourth-order valence-electron chi connectivity index (χ4n) is 1.62. The molecule has 2 aromatic rings. The summed E-state index contributed by atoms with van der Waals surface area (Å²) in [5.41, 5.74) is 0.227. The summed E-state index contributed by atoms with van der Waals surface area (Å²) < 4.78 is 39.2. The fraction of sp³-hybridized carbons (Fsp3) is 0.0714. The predicted octanol–water partition coefficient (Wildman–Crippen LogP) is 3.64. The highest BCUT2D eigenvalue weighted by Crippen LogP contribution is 2.17. The van der Waals surface area contributed by atoms with Crippen molar-refractivity contribution in [1.29, 1.82) is 0 Å². The molecule has 2 rings (SSSR count). The molecule has 0 aromatic heterocycles. The molecule has 0 fully saturated rings. The monoisotopic (exact) mass is 250 g/mol. The molecule has 0 amide bonds. The topological polar surface area (TPSA) is 17.1 Å². The standard InChI is InChI=1S/C14H9F3O/c1-8-6-9(2-5-12(8)16)14(18)11-4-3-10(15)7-13(11)17/h2-7H,1H3. The zero-order valence-corrected chi connectivity index (χ0v) is 9.51. The smallest absolute Gasteiger partial charge is 0.195 e. The highest BCUT2D eigenvalue weighted by Gasteiger charge is 2.15. The van der Waals surface area contributed by atoms with Crippen molar-refractivity contribution in [1.82, 2.24) is 0 Å². The third-order valence-corrected chi connectivity index (χ3v) is 2.60. The van der Waals surface area contributed by atoms with Crippen LogP contribution in [0.1, 0.15) is 21.5 Å². The molecule has 1 nitrogen and oxygen atoms in total. The van der Waals surface area contributed by atoms with Gasteiger partial charge in [-0.2, -0.15) is 0 Å². The third kappa shape index (κ3) is 2.27. The van der Waals surface area contributed by atoms with Crippen molar-refractivity contribution in [3.05, 3.63) is 70.5 Å². The van der Waals surface area contributed by atoms with E-state index in [0.717, 1.165) is 18.2 Å². The van der Waals surface area contributed by atoms with Crippen LogP contribution in [0.15, 0.2) is 36.4 Å². The van der Waals surface area contributed by atoms with Gasteiger partial charge in [0, 0.05) is 11.6 Å². The Morgan fingerprint density at radius 1 is 0.944 bits per heavy atom. The van der Waals surface area contributed by atoms with Crippen LogP contribution in [0.2, 0.25) is 0 Å². The van der Waals surface area contributed by atoms with Crippen LogP contribution in [0.3, 0.4) is 0 Å². The van der Waals surface area contributed by atoms with Crippen LogP contribution in [-0.2, 0) is 0 Å². The lowest BCUT2D eigenvalue weighted by Crippen LogP contribution is -2.05.